The first-order chi connectivity index (χ1) is 3.27. The van der Waals surface area contributed by atoms with Crippen molar-refractivity contribution >= 4 is 28.8 Å². The topological polar surface area (TPSA) is 17.1 Å². The van der Waals surface area contributed by atoms with Crippen molar-refractivity contribution in [2.45, 2.75) is 0 Å². The van der Waals surface area contributed by atoms with Crippen molar-refractivity contribution in [1.29, 1.82) is 0 Å². The van der Waals surface area contributed by atoms with Crippen LogP contribution in [0, 0.1) is 0 Å². The van der Waals surface area contributed by atoms with E-state index >= 15 is 0 Å². The molecule has 0 radical (unpaired) electrons. The molecule has 0 saturated carbocycles. The van der Waals surface area contributed by atoms with E-state index in [2.05, 4.69) is 19.2 Å². The van der Waals surface area contributed by atoms with Crippen molar-refractivity contribution in [3.8, 4) is 0 Å². The smallest absolute Gasteiger partial charge is 0.730 e. The van der Waals surface area contributed by atoms with Crippen LogP contribution >= 0.6 is 11.8 Å². The molecule has 0 fully saturated rings. The number of carbonyl (C=O) groups excluding carboxylic acids is 1. The van der Waals surface area contributed by atoms with E-state index < -0.39 is 0 Å². The Morgan fingerprint density at radius 2 is 2.38 bits per heavy atom. The van der Waals surface area contributed by atoms with Crippen LogP contribution in [0.2, 0.25) is 0 Å². The normalized spacial score (nSPS) is 7.00. The SMILES string of the molecule is C=CCSC(=O)[S-].[K+]. The van der Waals surface area contributed by atoms with Crippen LogP contribution in [0.15, 0.2) is 12.7 Å². The van der Waals surface area contributed by atoms with Gasteiger partial charge in [0.1, 0.15) is 0 Å². The van der Waals surface area contributed by atoms with Gasteiger partial charge >= 0.3 is 51.4 Å². The Hall–Kier alpha value is 1.62. The van der Waals surface area contributed by atoms with Gasteiger partial charge in [0.25, 0.3) is 0 Å². The van der Waals surface area contributed by atoms with Gasteiger partial charge in [-0.25, -0.2) is 0 Å². The minimum absolute atomic E-state index is 0. The number of hydrogen-bond acceptors (Lipinski definition) is 3. The molecule has 0 N–H and O–H groups in total. The van der Waals surface area contributed by atoms with E-state index in [-0.39, 0.29) is 55.8 Å². The van der Waals surface area contributed by atoms with E-state index in [0.717, 1.165) is 11.8 Å². The number of thioether (sulfide) groups is 1. The molecule has 0 aliphatic carbocycles. The second-order valence-electron chi connectivity index (χ2n) is 0.850. The van der Waals surface area contributed by atoms with E-state index in [0.29, 0.717) is 5.75 Å². The zero-order valence-electron chi connectivity index (χ0n) is 4.72. The Labute approximate surface area is 102 Å². The van der Waals surface area contributed by atoms with E-state index in [1.165, 1.54) is 0 Å². The van der Waals surface area contributed by atoms with Gasteiger partial charge in [-0.05, 0) is 0 Å². The van der Waals surface area contributed by atoms with Crippen LogP contribution < -0.4 is 51.4 Å². The molecule has 0 aromatic heterocycles. The fourth-order valence-corrected chi connectivity index (χ4v) is 0.585. The maximum atomic E-state index is 9.93. The summed E-state index contributed by atoms with van der Waals surface area (Å²) in [6.45, 7) is 3.41. The monoisotopic (exact) mass is 172 g/mol. The Morgan fingerprint density at radius 3 is 2.50 bits per heavy atom. The molecular formula is C4H5KOS2. The number of rotatable bonds is 2. The standard InChI is InChI=1S/C4H6OS2.K/c1-2-3-7-4(5)6;/h2H,1,3H2,(H,5,6);/q;+1/p-1. The predicted octanol–water partition coefficient (Wildman–Crippen LogP) is -1.42. The average molecular weight is 172 g/mol. The van der Waals surface area contributed by atoms with Crippen LogP contribution in [-0.4, -0.2) is 10.2 Å². The van der Waals surface area contributed by atoms with Gasteiger partial charge in [-0.3, -0.25) is 0 Å². The quantitative estimate of drug-likeness (QED) is 0.289. The molecule has 0 aromatic carbocycles. The fourth-order valence-electron chi connectivity index (χ4n) is 0.127. The van der Waals surface area contributed by atoms with E-state index in [1.807, 2.05) is 0 Å². The molecule has 0 spiro atoms. The van der Waals surface area contributed by atoms with Gasteiger partial charge in [-0.1, -0.05) is 6.08 Å². The van der Waals surface area contributed by atoms with Crippen LogP contribution in [0.1, 0.15) is 0 Å². The van der Waals surface area contributed by atoms with Crippen molar-refractivity contribution in [2.75, 3.05) is 5.75 Å². The summed E-state index contributed by atoms with van der Waals surface area (Å²) < 4.78 is -0.264. The zero-order valence-corrected chi connectivity index (χ0v) is 9.47. The molecule has 0 atom stereocenters. The molecular weight excluding hydrogens is 167 g/mol. The summed E-state index contributed by atoms with van der Waals surface area (Å²) in [4.78, 5) is 9.93. The molecule has 0 heterocycles. The third-order valence-electron chi connectivity index (χ3n) is 0.319. The average Bonchev–Trinajstić information content (AvgIpc) is 1.61. The van der Waals surface area contributed by atoms with Gasteiger partial charge in [0.05, 0.1) is 4.45 Å². The Balaban J connectivity index is 0. The fraction of sp³-hybridized carbons (Fsp3) is 0.250. The van der Waals surface area contributed by atoms with Crippen molar-refractivity contribution in [3.63, 3.8) is 0 Å². The van der Waals surface area contributed by atoms with Crippen LogP contribution in [-0.2, 0) is 12.6 Å². The molecule has 0 aliphatic heterocycles. The molecule has 0 bridgehead atoms. The van der Waals surface area contributed by atoms with Crippen LogP contribution in [0.4, 0.5) is 4.79 Å². The van der Waals surface area contributed by atoms with Gasteiger partial charge in [0.15, 0.2) is 0 Å². The van der Waals surface area contributed by atoms with Gasteiger partial charge in [-0.15, -0.1) is 18.3 Å². The molecule has 0 aromatic rings. The van der Waals surface area contributed by atoms with Crippen molar-refractivity contribution in [1.82, 2.24) is 0 Å². The largest absolute Gasteiger partial charge is 1.00 e. The van der Waals surface area contributed by atoms with Crippen molar-refractivity contribution in [2.24, 2.45) is 0 Å². The minimum Gasteiger partial charge on any atom is -0.730 e. The molecule has 0 saturated heterocycles. The third kappa shape index (κ3) is 10.6. The summed E-state index contributed by atoms with van der Waals surface area (Å²) in [6, 6.07) is 0. The minimum atomic E-state index is -0.264. The van der Waals surface area contributed by atoms with Gasteiger partial charge in [0, 0.05) is 5.75 Å². The maximum absolute atomic E-state index is 9.93. The van der Waals surface area contributed by atoms with E-state index in [4.69, 9.17) is 0 Å². The Morgan fingerprint density at radius 1 is 1.88 bits per heavy atom. The summed E-state index contributed by atoms with van der Waals surface area (Å²) in [7, 11) is 0. The third-order valence-corrected chi connectivity index (χ3v) is 1.31. The Bertz CT molecular complexity index is 84.1. The second-order valence-corrected chi connectivity index (χ2v) is 2.47. The summed E-state index contributed by atoms with van der Waals surface area (Å²) in [5.74, 6) is 0.627. The first-order valence-electron chi connectivity index (χ1n) is 1.72. The maximum Gasteiger partial charge on any atom is 1.00 e. The molecule has 0 aliphatic rings. The van der Waals surface area contributed by atoms with Crippen LogP contribution in [0.3, 0.4) is 0 Å². The van der Waals surface area contributed by atoms with Crippen LogP contribution in [0.25, 0.3) is 0 Å². The Kier molecular flexibility index (Phi) is 13.3. The molecule has 0 amide bonds. The number of hydrogen-bond donors (Lipinski definition) is 0. The summed E-state index contributed by atoms with van der Waals surface area (Å²) in [5.41, 5.74) is 0. The first-order valence-corrected chi connectivity index (χ1v) is 3.11. The number of carbonyl (C=O) groups is 1. The van der Waals surface area contributed by atoms with E-state index in [9.17, 15) is 4.79 Å². The van der Waals surface area contributed by atoms with Gasteiger partial charge < -0.3 is 17.4 Å². The molecule has 40 valence electrons. The van der Waals surface area contributed by atoms with Crippen molar-refractivity contribution < 1.29 is 56.2 Å². The summed E-state index contributed by atoms with van der Waals surface area (Å²) >= 11 is 5.31. The van der Waals surface area contributed by atoms with Crippen LogP contribution in [0.5, 0.6) is 0 Å². The molecule has 8 heavy (non-hydrogen) atoms. The molecule has 1 nitrogen and oxygen atoms in total. The molecule has 4 heteroatoms. The van der Waals surface area contributed by atoms with Gasteiger partial charge in [0.2, 0.25) is 0 Å². The molecule has 0 unspecified atom stereocenters. The summed E-state index contributed by atoms with van der Waals surface area (Å²) in [5, 5.41) is 0. The second kappa shape index (κ2) is 8.62. The molecule has 0 rings (SSSR count). The van der Waals surface area contributed by atoms with Gasteiger partial charge in [-0.2, -0.15) is 0 Å². The zero-order chi connectivity index (χ0) is 5.70. The van der Waals surface area contributed by atoms with Crippen molar-refractivity contribution in [3.05, 3.63) is 12.7 Å². The summed E-state index contributed by atoms with van der Waals surface area (Å²) in [6.07, 6.45) is 1.65. The first kappa shape index (κ1) is 12.3. The predicted molar refractivity (Wildman–Crippen MR) is 35.4 cm³/mol. The van der Waals surface area contributed by atoms with E-state index in [1.54, 1.807) is 6.08 Å².